The first kappa shape index (κ1) is 24.1. The minimum Gasteiger partial charge on any atom is -0.356 e. The third kappa shape index (κ3) is 7.83. The van der Waals surface area contributed by atoms with Crippen molar-refractivity contribution in [2.45, 2.75) is 69.8 Å². The van der Waals surface area contributed by atoms with Gasteiger partial charge in [-0.2, -0.15) is 0 Å². The molecule has 0 fully saturated rings. The Kier molecular flexibility index (Phi) is 9.82. The molecule has 0 spiro atoms. The van der Waals surface area contributed by atoms with Crippen molar-refractivity contribution in [2.75, 3.05) is 6.54 Å². The molecule has 0 saturated carbocycles. The molecule has 0 radical (unpaired) electrons. The Labute approximate surface area is 196 Å². The molecule has 1 N–H and O–H groups in total. The second-order valence-electron chi connectivity index (χ2n) is 8.12. The average Bonchev–Trinajstić information content (AvgIpc) is 3.20. The molecule has 0 aliphatic heterocycles. The number of benzene rings is 2. The lowest BCUT2D eigenvalue weighted by atomic mass is 10.1. The largest absolute Gasteiger partial charge is 0.356 e. The summed E-state index contributed by atoms with van der Waals surface area (Å²) in [6.07, 6.45) is 5.14. The van der Waals surface area contributed by atoms with E-state index in [-0.39, 0.29) is 5.91 Å². The summed E-state index contributed by atoms with van der Waals surface area (Å²) >= 11 is 1.74. The van der Waals surface area contributed by atoms with Crippen LogP contribution in [-0.4, -0.2) is 27.2 Å². The first-order chi connectivity index (χ1) is 15.7. The van der Waals surface area contributed by atoms with Gasteiger partial charge in [-0.15, -0.1) is 10.2 Å². The Morgan fingerprint density at radius 2 is 1.81 bits per heavy atom. The van der Waals surface area contributed by atoms with Crippen molar-refractivity contribution in [3.63, 3.8) is 0 Å². The number of hydrogen-bond acceptors (Lipinski definition) is 4. The summed E-state index contributed by atoms with van der Waals surface area (Å²) in [4.78, 5) is 11.8. The number of amides is 1. The van der Waals surface area contributed by atoms with Gasteiger partial charge in [0.1, 0.15) is 5.82 Å². The topological polar surface area (TPSA) is 59.8 Å². The number of carbonyl (C=O) groups is 1. The number of aromatic nitrogens is 3. The normalized spacial score (nSPS) is 10.9. The molecule has 1 amide bonds. The van der Waals surface area contributed by atoms with Crippen LogP contribution in [0, 0.1) is 6.92 Å². The molecule has 1 heterocycles. The minimum atomic E-state index is 0.145. The van der Waals surface area contributed by atoms with E-state index in [4.69, 9.17) is 0 Å². The van der Waals surface area contributed by atoms with Crippen molar-refractivity contribution in [1.29, 1.82) is 0 Å². The van der Waals surface area contributed by atoms with Crippen molar-refractivity contribution in [1.82, 2.24) is 20.1 Å². The highest BCUT2D eigenvalue weighted by Gasteiger charge is 2.13. The number of nitrogens with zero attached hydrogens (tertiary/aromatic N) is 3. The molecule has 3 aromatic rings. The lowest BCUT2D eigenvalue weighted by molar-refractivity contribution is -0.121. The summed E-state index contributed by atoms with van der Waals surface area (Å²) in [7, 11) is 0. The van der Waals surface area contributed by atoms with Crippen molar-refractivity contribution >= 4 is 17.7 Å². The molecule has 1 aromatic heterocycles. The van der Waals surface area contributed by atoms with E-state index in [9.17, 15) is 4.79 Å². The number of hydrogen-bond donors (Lipinski definition) is 1. The van der Waals surface area contributed by atoms with E-state index in [1.807, 2.05) is 6.07 Å². The second kappa shape index (κ2) is 13.1. The third-order valence-corrected chi connectivity index (χ3v) is 6.38. The van der Waals surface area contributed by atoms with Gasteiger partial charge in [0.15, 0.2) is 5.16 Å². The molecule has 3 rings (SSSR count). The maximum Gasteiger partial charge on any atom is 0.219 e. The summed E-state index contributed by atoms with van der Waals surface area (Å²) in [5, 5.41) is 12.9. The Hall–Kier alpha value is -2.60. The van der Waals surface area contributed by atoms with E-state index in [2.05, 4.69) is 82.5 Å². The highest BCUT2D eigenvalue weighted by Crippen LogP contribution is 2.23. The number of rotatable bonds is 13. The van der Waals surface area contributed by atoms with Gasteiger partial charge in [0.25, 0.3) is 0 Å². The average molecular weight is 451 g/mol. The van der Waals surface area contributed by atoms with E-state index in [1.165, 1.54) is 16.7 Å². The standard InChI is InChI=1S/C26H34N4OS/c1-3-17-27-25(31)15-8-7-14-24-28-29-26(32-20-23-13-9-10-21(2)19-23)30(24)18-16-22-11-5-4-6-12-22/h4-6,9-13,19H,3,7-8,14-18,20H2,1-2H3,(H,27,31). The quantitative estimate of drug-likeness (QED) is 0.281. The van der Waals surface area contributed by atoms with Crippen molar-refractivity contribution in [3.05, 3.63) is 77.1 Å². The Balaban J connectivity index is 1.61. The Morgan fingerprint density at radius 3 is 2.59 bits per heavy atom. The molecule has 0 saturated heterocycles. The fourth-order valence-electron chi connectivity index (χ4n) is 3.59. The van der Waals surface area contributed by atoms with Gasteiger partial charge >= 0.3 is 0 Å². The van der Waals surface area contributed by atoms with Crippen LogP contribution in [0.15, 0.2) is 59.8 Å². The first-order valence-corrected chi connectivity index (χ1v) is 12.6. The smallest absolute Gasteiger partial charge is 0.219 e. The summed E-state index contributed by atoms with van der Waals surface area (Å²) < 4.78 is 2.27. The Bertz CT molecular complexity index is 971. The molecule has 0 bridgehead atoms. The molecular weight excluding hydrogens is 416 g/mol. The van der Waals surface area contributed by atoms with Gasteiger partial charge in [0.2, 0.25) is 5.91 Å². The van der Waals surface area contributed by atoms with Crippen molar-refractivity contribution in [2.24, 2.45) is 0 Å². The van der Waals surface area contributed by atoms with Crippen LogP contribution in [-0.2, 0) is 29.9 Å². The zero-order valence-electron chi connectivity index (χ0n) is 19.2. The predicted molar refractivity (Wildman–Crippen MR) is 132 cm³/mol. The van der Waals surface area contributed by atoms with Gasteiger partial charge in [-0.3, -0.25) is 4.79 Å². The van der Waals surface area contributed by atoms with E-state index in [0.29, 0.717) is 6.42 Å². The van der Waals surface area contributed by atoms with Crippen molar-refractivity contribution < 1.29 is 4.79 Å². The zero-order valence-corrected chi connectivity index (χ0v) is 20.0. The van der Waals surface area contributed by atoms with Gasteiger partial charge in [0.05, 0.1) is 0 Å². The lowest BCUT2D eigenvalue weighted by Crippen LogP contribution is -2.23. The van der Waals surface area contributed by atoms with Crippen LogP contribution >= 0.6 is 11.8 Å². The molecule has 2 aromatic carbocycles. The predicted octanol–water partition coefficient (Wildman–Crippen LogP) is 5.36. The number of aryl methyl sites for hydroxylation is 3. The van der Waals surface area contributed by atoms with Crippen molar-refractivity contribution in [3.8, 4) is 0 Å². The van der Waals surface area contributed by atoms with Crippen LogP contribution in [0.4, 0.5) is 0 Å². The molecule has 170 valence electrons. The third-order valence-electron chi connectivity index (χ3n) is 5.34. The van der Waals surface area contributed by atoms with Crippen LogP contribution in [0.2, 0.25) is 0 Å². The summed E-state index contributed by atoms with van der Waals surface area (Å²) in [6, 6.07) is 19.2. The molecule has 6 heteroatoms. The van der Waals surface area contributed by atoms with Crippen LogP contribution in [0.1, 0.15) is 55.1 Å². The van der Waals surface area contributed by atoms with Gasteiger partial charge in [-0.25, -0.2) is 0 Å². The van der Waals surface area contributed by atoms with Gasteiger partial charge < -0.3 is 9.88 Å². The number of carbonyl (C=O) groups excluding carboxylic acids is 1. The second-order valence-corrected chi connectivity index (χ2v) is 9.06. The van der Waals surface area contributed by atoms with Crippen LogP contribution in [0.3, 0.4) is 0 Å². The fourth-order valence-corrected chi connectivity index (χ4v) is 4.52. The highest BCUT2D eigenvalue weighted by atomic mass is 32.2. The molecule has 0 unspecified atom stereocenters. The van der Waals surface area contributed by atoms with E-state index in [1.54, 1.807) is 11.8 Å². The SMILES string of the molecule is CCCNC(=O)CCCCc1nnc(SCc2cccc(C)c2)n1CCc1ccccc1. The molecule has 0 aliphatic rings. The Morgan fingerprint density at radius 1 is 1.00 bits per heavy atom. The molecule has 5 nitrogen and oxygen atoms in total. The van der Waals surface area contributed by atoms with Gasteiger partial charge in [0, 0.05) is 31.7 Å². The minimum absolute atomic E-state index is 0.145. The number of thioether (sulfide) groups is 1. The van der Waals surface area contributed by atoms with E-state index < -0.39 is 0 Å². The maximum atomic E-state index is 11.8. The summed E-state index contributed by atoms with van der Waals surface area (Å²) in [5.41, 5.74) is 3.89. The lowest BCUT2D eigenvalue weighted by Gasteiger charge is -2.11. The van der Waals surface area contributed by atoms with Crippen LogP contribution in [0.5, 0.6) is 0 Å². The fraction of sp³-hybridized carbons (Fsp3) is 0.423. The number of nitrogens with one attached hydrogen (secondary N) is 1. The molecule has 0 atom stereocenters. The van der Waals surface area contributed by atoms with Crippen LogP contribution in [0.25, 0.3) is 0 Å². The first-order valence-electron chi connectivity index (χ1n) is 11.6. The molecule has 0 aliphatic carbocycles. The van der Waals surface area contributed by atoms with E-state index >= 15 is 0 Å². The summed E-state index contributed by atoms with van der Waals surface area (Å²) in [5.74, 6) is 2.04. The van der Waals surface area contributed by atoms with Crippen LogP contribution < -0.4 is 5.32 Å². The van der Waals surface area contributed by atoms with E-state index in [0.717, 1.165) is 61.9 Å². The zero-order chi connectivity index (χ0) is 22.6. The molecular formula is C26H34N4OS. The maximum absolute atomic E-state index is 11.8. The highest BCUT2D eigenvalue weighted by molar-refractivity contribution is 7.98. The molecule has 32 heavy (non-hydrogen) atoms. The summed E-state index contributed by atoms with van der Waals surface area (Å²) in [6.45, 7) is 5.81. The van der Waals surface area contributed by atoms with Gasteiger partial charge in [-0.05, 0) is 43.7 Å². The monoisotopic (exact) mass is 450 g/mol. The van der Waals surface area contributed by atoms with Gasteiger partial charge in [-0.1, -0.05) is 78.8 Å². The number of unbranched alkanes of at least 4 members (excludes halogenated alkanes) is 1.